The van der Waals surface area contributed by atoms with E-state index in [1.165, 1.54) is 30.1 Å². The van der Waals surface area contributed by atoms with Crippen molar-refractivity contribution in [3.05, 3.63) is 35.9 Å². The maximum Gasteiger partial charge on any atom is 0.292 e. The van der Waals surface area contributed by atoms with Gasteiger partial charge in [0.1, 0.15) is 5.82 Å². The molecular formula is C13H15N5O4. The number of carbonyl (C=O) groups is 3. The highest BCUT2D eigenvalue weighted by molar-refractivity contribution is 6.02. The van der Waals surface area contributed by atoms with E-state index >= 15 is 0 Å². The van der Waals surface area contributed by atoms with Crippen LogP contribution in [0.1, 0.15) is 21.0 Å². The number of furan rings is 1. The Labute approximate surface area is 125 Å². The average molecular weight is 305 g/mol. The van der Waals surface area contributed by atoms with Gasteiger partial charge in [0.2, 0.25) is 5.91 Å². The molecule has 3 amide bonds. The first-order valence-corrected chi connectivity index (χ1v) is 6.39. The third kappa shape index (κ3) is 3.51. The molecule has 0 atom stereocenters. The lowest BCUT2D eigenvalue weighted by atomic mass is 10.3. The Bertz CT molecular complexity index is 689. The smallest absolute Gasteiger partial charge is 0.292 e. The third-order valence-electron chi connectivity index (χ3n) is 2.79. The molecule has 0 aromatic carbocycles. The maximum atomic E-state index is 11.9. The van der Waals surface area contributed by atoms with Gasteiger partial charge in [-0.2, -0.15) is 5.10 Å². The normalized spacial score (nSPS) is 10.1. The minimum absolute atomic E-state index is 0.0844. The minimum Gasteiger partial charge on any atom is -0.459 e. The van der Waals surface area contributed by atoms with Crippen LogP contribution >= 0.6 is 0 Å². The zero-order valence-electron chi connectivity index (χ0n) is 12.0. The lowest BCUT2D eigenvalue weighted by molar-refractivity contribution is -0.119. The molecule has 2 rings (SSSR count). The van der Waals surface area contributed by atoms with Crippen LogP contribution in [0.4, 0.5) is 5.82 Å². The van der Waals surface area contributed by atoms with Crippen molar-refractivity contribution in [2.45, 2.75) is 0 Å². The van der Waals surface area contributed by atoms with Crippen molar-refractivity contribution in [2.75, 3.05) is 18.9 Å². The molecule has 22 heavy (non-hydrogen) atoms. The first kappa shape index (κ1) is 15.3. The second-order valence-corrected chi connectivity index (χ2v) is 4.33. The molecule has 2 aromatic heterocycles. The molecule has 2 heterocycles. The number of likely N-dealkylation sites (N-methyl/N-ethyl adjacent to an activating group) is 1. The summed E-state index contributed by atoms with van der Waals surface area (Å²) in [6.45, 7) is -0.153. The summed E-state index contributed by atoms with van der Waals surface area (Å²) in [4.78, 5) is 34.8. The number of nitrogens with zero attached hydrogens (tertiary/aromatic N) is 2. The first-order valence-electron chi connectivity index (χ1n) is 6.39. The second kappa shape index (κ2) is 6.57. The molecule has 2 aromatic rings. The molecule has 116 valence electrons. The van der Waals surface area contributed by atoms with E-state index in [9.17, 15) is 14.4 Å². The number of rotatable bonds is 5. The summed E-state index contributed by atoms with van der Waals surface area (Å²) in [5, 5.41) is 11.3. The Morgan fingerprint density at radius 2 is 2.09 bits per heavy atom. The van der Waals surface area contributed by atoms with Crippen LogP contribution in [0.25, 0.3) is 0 Å². The summed E-state index contributed by atoms with van der Waals surface area (Å²) in [6.07, 6.45) is 1.38. The third-order valence-corrected chi connectivity index (χ3v) is 2.79. The van der Waals surface area contributed by atoms with Crippen LogP contribution in [0.5, 0.6) is 0 Å². The van der Waals surface area contributed by atoms with Crippen molar-refractivity contribution in [1.29, 1.82) is 0 Å². The summed E-state index contributed by atoms with van der Waals surface area (Å²) in [5.74, 6) is -0.822. The summed E-state index contributed by atoms with van der Waals surface area (Å²) in [5.41, 5.74) is 0.0844. The SMILES string of the molecule is CNC(=O)CNC(=O)c1cc(NC(=O)c2ccco2)n(C)n1. The molecule has 0 aliphatic heterocycles. The Morgan fingerprint density at radius 3 is 2.73 bits per heavy atom. The first-order chi connectivity index (χ1) is 10.5. The van der Waals surface area contributed by atoms with Crippen LogP contribution < -0.4 is 16.0 Å². The van der Waals surface area contributed by atoms with E-state index in [1.54, 1.807) is 13.1 Å². The molecule has 0 spiro atoms. The Hall–Kier alpha value is -3.10. The number of aryl methyl sites for hydroxylation is 1. The topological polar surface area (TPSA) is 118 Å². The molecule has 3 N–H and O–H groups in total. The number of carbonyl (C=O) groups excluding carboxylic acids is 3. The van der Waals surface area contributed by atoms with Crippen molar-refractivity contribution in [3.63, 3.8) is 0 Å². The standard InChI is InChI=1S/C13H15N5O4/c1-14-11(19)7-15-12(20)8-6-10(18(2)17-8)16-13(21)9-4-3-5-22-9/h3-6H,7H2,1-2H3,(H,14,19)(H,15,20)(H,16,21). The predicted molar refractivity (Wildman–Crippen MR) is 76.3 cm³/mol. The second-order valence-electron chi connectivity index (χ2n) is 4.33. The highest BCUT2D eigenvalue weighted by Crippen LogP contribution is 2.11. The van der Waals surface area contributed by atoms with Crippen LogP contribution in [0.3, 0.4) is 0 Å². The molecular weight excluding hydrogens is 290 g/mol. The van der Waals surface area contributed by atoms with E-state index < -0.39 is 11.8 Å². The van der Waals surface area contributed by atoms with Crippen LogP contribution in [0.2, 0.25) is 0 Å². The quantitative estimate of drug-likeness (QED) is 0.703. The fourth-order valence-electron chi connectivity index (χ4n) is 1.62. The van der Waals surface area contributed by atoms with E-state index in [2.05, 4.69) is 21.0 Å². The molecule has 0 bridgehead atoms. The highest BCUT2D eigenvalue weighted by atomic mass is 16.3. The molecule has 0 aliphatic carbocycles. The monoisotopic (exact) mass is 305 g/mol. The molecule has 0 saturated carbocycles. The van der Waals surface area contributed by atoms with Gasteiger partial charge in [-0.05, 0) is 12.1 Å². The van der Waals surface area contributed by atoms with Crippen LogP contribution in [-0.4, -0.2) is 41.1 Å². The predicted octanol–water partition coefficient (Wildman–Crippen LogP) is -0.259. The summed E-state index contributed by atoms with van der Waals surface area (Å²) in [7, 11) is 3.05. The molecule has 9 heteroatoms. The van der Waals surface area contributed by atoms with Gasteiger partial charge in [0, 0.05) is 20.2 Å². The fourth-order valence-corrected chi connectivity index (χ4v) is 1.62. The number of anilines is 1. The maximum absolute atomic E-state index is 11.9. The van der Waals surface area contributed by atoms with Gasteiger partial charge >= 0.3 is 0 Å². The van der Waals surface area contributed by atoms with Gasteiger partial charge in [-0.3, -0.25) is 19.1 Å². The van der Waals surface area contributed by atoms with Gasteiger partial charge in [0.25, 0.3) is 11.8 Å². The number of nitrogens with one attached hydrogen (secondary N) is 3. The lowest BCUT2D eigenvalue weighted by Crippen LogP contribution is -2.35. The van der Waals surface area contributed by atoms with Crippen LogP contribution in [0.15, 0.2) is 28.9 Å². The van der Waals surface area contributed by atoms with Gasteiger partial charge in [0.15, 0.2) is 11.5 Å². The van der Waals surface area contributed by atoms with Crippen LogP contribution in [0, 0.1) is 0 Å². The number of aromatic nitrogens is 2. The number of hydrogen-bond donors (Lipinski definition) is 3. The van der Waals surface area contributed by atoms with E-state index in [4.69, 9.17) is 4.42 Å². The van der Waals surface area contributed by atoms with Gasteiger partial charge in [-0.25, -0.2) is 0 Å². The Balaban J connectivity index is 2.03. The zero-order chi connectivity index (χ0) is 16.1. The fraction of sp³-hybridized carbons (Fsp3) is 0.231. The number of hydrogen-bond acceptors (Lipinski definition) is 5. The molecule has 0 unspecified atom stereocenters. The lowest BCUT2D eigenvalue weighted by Gasteiger charge is -2.01. The Kier molecular flexibility index (Phi) is 4.57. The highest BCUT2D eigenvalue weighted by Gasteiger charge is 2.16. The van der Waals surface area contributed by atoms with Crippen molar-refractivity contribution in [1.82, 2.24) is 20.4 Å². The molecule has 0 fully saturated rings. The average Bonchev–Trinajstić information content (AvgIpc) is 3.15. The largest absolute Gasteiger partial charge is 0.459 e. The summed E-state index contributed by atoms with van der Waals surface area (Å²) >= 11 is 0. The van der Waals surface area contributed by atoms with E-state index in [-0.39, 0.29) is 23.9 Å². The van der Waals surface area contributed by atoms with Gasteiger partial charge < -0.3 is 20.4 Å². The van der Waals surface area contributed by atoms with Gasteiger partial charge in [0.05, 0.1) is 12.8 Å². The minimum atomic E-state index is -0.516. The molecule has 9 nitrogen and oxygen atoms in total. The van der Waals surface area contributed by atoms with Crippen molar-refractivity contribution in [3.8, 4) is 0 Å². The van der Waals surface area contributed by atoms with E-state index in [0.29, 0.717) is 5.82 Å². The molecule has 0 aliphatic rings. The Morgan fingerprint density at radius 1 is 1.32 bits per heavy atom. The van der Waals surface area contributed by atoms with Gasteiger partial charge in [-0.1, -0.05) is 0 Å². The van der Waals surface area contributed by atoms with Crippen molar-refractivity contribution < 1.29 is 18.8 Å². The van der Waals surface area contributed by atoms with Gasteiger partial charge in [-0.15, -0.1) is 0 Å². The van der Waals surface area contributed by atoms with Crippen LogP contribution in [-0.2, 0) is 11.8 Å². The van der Waals surface area contributed by atoms with Crippen molar-refractivity contribution >= 4 is 23.5 Å². The molecule has 0 saturated heterocycles. The zero-order valence-corrected chi connectivity index (χ0v) is 12.0. The summed E-state index contributed by atoms with van der Waals surface area (Å²) < 4.78 is 6.32. The van der Waals surface area contributed by atoms with Crippen molar-refractivity contribution in [2.24, 2.45) is 7.05 Å². The molecule has 0 radical (unpaired) electrons. The summed E-state index contributed by atoms with van der Waals surface area (Å²) in [6, 6.07) is 4.51. The van der Waals surface area contributed by atoms with E-state index in [0.717, 1.165) is 0 Å². The number of amides is 3. The van der Waals surface area contributed by atoms with E-state index in [1.807, 2.05) is 0 Å².